The van der Waals surface area contributed by atoms with Crippen molar-refractivity contribution in [2.24, 2.45) is 0 Å². The fourth-order valence-corrected chi connectivity index (χ4v) is 3.21. The van der Waals surface area contributed by atoms with Crippen molar-refractivity contribution in [1.82, 2.24) is 10.3 Å². The summed E-state index contributed by atoms with van der Waals surface area (Å²) in [6.45, 7) is 0. The molecule has 0 spiro atoms. The number of rotatable bonds is 5. The zero-order chi connectivity index (χ0) is 17.6. The Morgan fingerprint density at radius 2 is 2.00 bits per heavy atom. The van der Waals surface area contributed by atoms with Crippen molar-refractivity contribution in [3.05, 3.63) is 53.2 Å². The van der Waals surface area contributed by atoms with Crippen LogP contribution < -0.4 is 14.8 Å². The van der Waals surface area contributed by atoms with Crippen LogP contribution >= 0.6 is 11.6 Å². The molecule has 0 atom stereocenters. The van der Waals surface area contributed by atoms with E-state index >= 15 is 0 Å². The number of halogens is 1. The molecule has 1 heterocycles. The molecule has 1 fully saturated rings. The predicted octanol–water partition coefficient (Wildman–Crippen LogP) is 3.86. The summed E-state index contributed by atoms with van der Waals surface area (Å²) >= 11 is 6.00. The van der Waals surface area contributed by atoms with Crippen LogP contribution in [-0.4, -0.2) is 30.1 Å². The molecule has 0 saturated heterocycles. The Bertz CT molecular complexity index is 716. The maximum atomic E-state index is 12.5. The van der Waals surface area contributed by atoms with E-state index in [-0.39, 0.29) is 18.1 Å². The summed E-state index contributed by atoms with van der Waals surface area (Å²) < 4.78 is 11.1. The summed E-state index contributed by atoms with van der Waals surface area (Å²) in [6, 6.07) is 10.8. The maximum Gasteiger partial charge on any atom is 0.255 e. The van der Waals surface area contributed by atoms with Gasteiger partial charge < -0.3 is 14.8 Å². The second-order valence-electron chi connectivity index (χ2n) is 6.08. The van der Waals surface area contributed by atoms with Gasteiger partial charge in [0.1, 0.15) is 11.9 Å². The van der Waals surface area contributed by atoms with Crippen molar-refractivity contribution in [1.29, 1.82) is 0 Å². The SMILES string of the molecule is COc1ccc(Cl)cc1C(=O)NC1CCC(Oc2ccccn2)CC1. The third-order valence-corrected chi connectivity index (χ3v) is 4.58. The molecule has 2 aromatic rings. The molecular weight excluding hydrogens is 340 g/mol. The van der Waals surface area contributed by atoms with E-state index in [1.807, 2.05) is 18.2 Å². The highest BCUT2D eigenvalue weighted by Crippen LogP contribution is 2.25. The number of ether oxygens (including phenoxy) is 2. The van der Waals surface area contributed by atoms with Gasteiger partial charge in [0.2, 0.25) is 5.88 Å². The van der Waals surface area contributed by atoms with Crippen LogP contribution in [0.15, 0.2) is 42.6 Å². The highest BCUT2D eigenvalue weighted by Gasteiger charge is 2.25. The molecular formula is C19H21ClN2O3. The molecule has 3 rings (SSSR count). The minimum absolute atomic E-state index is 0.125. The monoisotopic (exact) mass is 360 g/mol. The van der Waals surface area contributed by atoms with E-state index < -0.39 is 0 Å². The lowest BCUT2D eigenvalue weighted by atomic mass is 9.92. The summed E-state index contributed by atoms with van der Waals surface area (Å²) in [4.78, 5) is 16.7. The van der Waals surface area contributed by atoms with Crippen LogP contribution in [0.2, 0.25) is 5.02 Å². The van der Waals surface area contributed by atoms with Crippen LogP contribution in [0.4, 0.5) is 0 Å². The standard InChI is InChI=1S/C19H21ClN2O3/c1-24-17-10-5-13(20)12-16(17)19(23)22-14-6-8-15(9-7-14)25-18-4-2-3-11-21-18/h2-5,10-12,14-15H,6-9H2,1H3,(H,22,23). The Balaban J connectivity index is 1.54. The highest BCUT2D eigenvalue weighted by atomic mass is 35.5. The first-order valence-corrected chi connectivity index (χ1v) is 8.75. The lowest BCUT2D eigenvalue weighted by Gasteiger charge is -2.29. The van der Waals surface area contributed by atoms with E-state index in [4.69, 9.17) is 21.1 Å². The van der Waals surface area contributed by atoms with Crippen molar-refractivity contribution in [3.8, 4) is 11.6 Å². The Kier molecular flexibility index (Phi) is 5.76. The molecule has 1 saturated carbocycles. The Morgan fingerprint density at radius 3 is 2.68 bits per heavy atom. The first-order valence-electron chi connectivity index (χ1n) is 8.38. The molecule has 1 N–H and O–H groups in total. The first-order chi connectivity index (χ1) is 12.2. The van der Waals surface area contributed by atoms with E-state index in [2.05, 4.69) is 10.3 Å². The van der Waals surface area contributed by atoms with Crippen LogP contribution in [0, 0.1) is 0 Å². The second kappa shape index (κ2) is 8.21. The summed E-state index contributed by atoms with van der Waals surface area (Å²) in [5.74, 6) is 1.01. The molecule has 0 bridgehead atoms. The third-order valence-electron chi connectivity index (χ3n) is 4.34. The van der Waals surface area contributed by atoms with Crippen molar-refractivity contribution >= 4 is 17.5 Å². The summed E-state index contributed by atoms with van der Waals surface area (Å²) in [5, 5.41) is 3.59. The van der Waals surface area contributed by atoms with Gasteiger partial charge in [-0.05, 0) is 49.9 Å². The Hall–Kier alpha value is -2.27. The smallest absolute Gasteiger partial charge is 0.255 e. The average Bonchev–Trinajstić information content (AvgIpc) is 2.64. The number of amides is 1. The van der Waals surface area contributed by atoms with Crippen LogP contribution in [0.3, 0.4) is 0 Å². The molecule has 0 aliphatic heterocycles. The van der Waals surface area contributed by atoms with Gasteiger partial charge in [0.25, 0.3) is 5.91 Å². The van der Waals surface area contributed by atoms with Gasteiger partial charge in [0.05, 0.1) is 12.7 Å². The zero-order valence-corrected chi connectivity index (χ0v) is 14.8. The molecule has 132 valence electrons. The summed E-state index contributed by atoms with van der Waals surface area (Å²) in [7, 11) is 1.54. The van der Waals surface area contributed by atoms with Gasteiger partial charge in [-0.2, -0.15) is 0 Å². The fourth-order valence-electron chi connectivity index (χ4n) is 3.03. The fraction of sp³-hybridized carbons (Fsp3) is 0.368. The predicted molar refractivity (Wildman–Crippen MR) is 96.4 cm³/mol. The van der Waals surface area contributed by atoms with Gasteiger partial charge in [0, 0.05) is 23.3 Å². The topological polar surface area (TPSA) is 60.5 Å². The molecule has 0 radical (unpaired) electrons. The van der Waals surface area contributed by atoms with E-state index in [9.17, 15) is 4.79 Å². The van der Waals surface area contributed by atoms with Crippen LogP contribution in [0.25, 0.3) is 0 Å². The van der Waals surface area contributed by atoms with Crippen LogP contribution in [-0.2, 0) is 0 Å². The Labute approximate surface area is 152 Å². The number of methoxy groups -OCH3 is 1. The molecule has 25 heavy (non-hydrogen) atoms. The minimum Gasteiger partial charge on any atom is -0.496 e. The van der Waals surface area contributed by atoms with Crippen molar-refractivity contribution in [3.63, 3.8) is 0 Å². The van der Waals surface area contributed by atoms with Gasteiger partial charge in [0.15, 0.2) is 0 Å². The molecule has 0 unspecified atom stereocenters. The number of aromatic nitrogens is 1. The van der Waals surface area contributed by atoms with E-state index in [0.29, 0.717) is 22.2 Å². The minimum atomic E-state index is -0.159. The average molecular weight is 361 g/mol. The molecule has 1 aromatic heterocycles. The van der Waals surface area contributed by atoms with Crippen molar-refractivity contribution in [2.45, 2.75) is 37.8 Å². The number of pyridine rings is 1. The van der Waals surface area contributed by atoms with Gasteiger partial charge in [-0.15, -0.1) is 0 Å². The van der Waals surface area contributed by atoms with E-state index in [1.165, 1.54) is 0 Å². The van der Waals surface area contributed by atoms with E-state index in [1.54, 1.807) is 31.5 Å². The molecule has 1 aromatic carbocycles. The maximum absolute atomic E-state index is 12.5. The number of nitrogens with zero attached hydrogens (tertiary/aromatic N) is 1. The lowest BCUT2D eigenvalue weighted by Crippen LogP contribution is -2.39. The normalized spacial score (nSPS) is 19.9. The molecule has 6 heteroatoms. The Morgan fingerprint density at radius 1 is 1.20 bits per heavy atom. The van der Waals surface area contributed by atoms with Gasteiger partial charge in [-0.3, -0.25) is 4.79 Å². The molecule has 5 nitrogen and oxygen atoms in total. The van der Waals surface area contributed by atoms with Crippen molar-refractivity contribution < 1.29 is 14.3 Å². The molecule has 1 aliphatic rings. The number of carbonyl (C=O) groups is 1. The van der Waals surface area contributed by atoms with Gasteiger partial charge >= 0.3 is 0 Å². The van der Waals surface area contributed by atoms with Crippen LogP contribution in [0.1, 0.15) is 36.0 Å². The number of hydrogen-bond donors (Lipinski definition) is 1. The van der Waals surface area contributed by atoms with Gasteiger partial charge in [-0.25, -0.2) is 4.98 Å². The number of benzene rings is 1. The molecule has 1 amide bonds. The molecule has 1 aliphatic carbocycles. The highest BCUT2D eigenvalue weighted by molar-refractivity contribution is 6.31. The zero-order valence-electron chi connectivity index (χ0n) is 14.1. The number of nitrogens with one attached hydrogen (secondary N) is 1. The number of hydrogen-bond acceptors (Lipinski definition) is 4. The first kappa shape index (κ1) is 17.5. The second-order valence-corrected chi connectivity index (χ2v) is 6.51. The summed E-state index contributed by atoms with van der Waals surface area (Å²) in [5.41, 5.74) is 0.460. The van der Waals surface area contributed by atoms with Gasteiger partial charge in [-0.1, -0.05) is 17.7 Å². The summed E-state index contributed by atoms with van der Waals surface area (Å²) in [6.07, 6.45) is 5.36. The third kappa shape index (κ3) is 4.63. The van der Waals surface area contributed by atoms with Crippen molar-refractivity contribution in [2.75, 3.05) is 7.11 Å². The van der Waals surface area contributed by atoms with E-state index in [0.717, 1.165) is 25.7 Å². The largest absolute Gasteiger partial charge is 0.496 e. The quantitative estimate of drug-likeness (QED) is 0.879. The lowest BCUT2D eigenvalue weighted by molar-refractivity contribution is 0.0887. The van der Waals surface area contributed by atoms with Crippen LogP contribution in [0.5, 0.6) is 11.6 Å². The number of carbonyl (C=O) groups excluding carboxylic acids is 1.